The third-order valence-electron chi connectivity index (χ3n) is 3.76. The average Bonchev–Trinajstić information content (AvgIpc) is 3.18. The Morgan fingerprint density at radius 3 is 2.32 bits per heavy atom. The molecule has 3 rings (SSSR count). The molecule has 0 amide bonds. The van der Waals surface area contributed by atoms with E-state index in [0.717, 1.165) is 24.4 Å². The fourth-order valence-corrected chi connectivity index (χ4v) is 2.44. The molecule has 0 bridgehead atoms. The highest BCUT2D eigenvalue weighted by Gasteiger charge is 2.28. The molecule has 1 heterocycles. The van der Waals surface area contributed by atoms with Gasteiger partial charge < -0.3 is 34.5 Å². The molecule has 2 atom stereocenters. The fraction of sp³-hybridized carbons (Fsp3) is 0.300. The van der Waals surface area contributed by atoms with Crippen LogP contribution in [0.25, 0.3) is 0 Å². The van der Waals surface area contributed by atoms with Crippen molar-refractivity contribution in [2.24, 2.45) is 0 Å². The molecule has 8 heteroatoms. The minimum absolute atomic E-state index is 0.141. The fourth-order valence-electron chi connectivity index (χ4n) is 2.44. The summed E-state index contributed by atoms with van der Waals surface area (Å²) in [5, 5.41) is 18.5. The molecule has 1 saturated heterocycles. The van der Waals surface area contributed by atoms with Gasteiger partial charge in [-0.15, -0.1) is 0 Å². The number of rotatable bonds is 7. The van der Waals surface area contributed by atoms with Crippen LogP contribution in [0.15, 0.2) is 60.7 Å². The number of ether oxygens (including phenoxy) is 3. The molecule has 0 aromatic heterocycles. The molecular weight excluding hydrogens is 366 g/mol. The average molecular weight is 389 g/mol. The molecule has 1 aliphatic rings. The summed E-state index contributed by atoms with van der Waals surface area (Å²) in [7, 11) is 0. The minimum Gasteiger partial charge on any atom is -0.539 e. The molecule has 1 aliphatic heterocycles. The van der Waals surface area contributed by atoms with E-state index >= 15 is 0 Å². The molecule has 0 spiro atoms. The first-order chi connectivity index (χ1) is 13.6. The lowest BCUT2D eigenvalue weighted by atomic mass is 10.2. The second kappa shape index (κ2) is 11.7. The Labute approximate surface area is 162 Å². The predicted octanol–water partition coefficient (Wildman–Crippen LogP) is -0.436. The summed E-state index contributed by atoms with van der Waals surface area (Å²) in [6, 6.07) is 19.9. The van der Waals surface area contributed by atoms with Crippen LogP contribution in [0, 0.1) is 0 Å². The molecule has 3 N–H and O–H groups in total. The van der Waals surface area contributed by atoms with E-state index in [9.17, 15) is 0 Å². The second-order valence-electron chi connectivity index (χ2n) is 5.90. The molecule has 28 heavy (non-hydrogen) atoms. The Bertz CT molecular complexity index is 712. The van der Waals surface area contributed by atoms with Gasteiger partial charge >= 0.3 is 5.97 Å². The predicted molar refractivity (Wildman–Crippen MR) is 96.2 cm³/mol. The van der Waals surface area contributed by atoms with E-state index in [0.29, 0.717) is 13.2 Å². The summed E-state index contributed by atoms with van der Waals surface area (Å²) in [5.41, 5.74) is 1.08. The van der Waals surface area contributed by atoms with Gasteiger partial charge in [-0.1, -0.05) is 48.5 Å². The standard InChI is InChI=1S/C18H21NO3.C2H2O4/c1-3-7-15(8-4-1)18-21-14-17(22-18)13-19-11-12-20-16-9-5-2-6-10-16;3-1(4)2(5)6/h1-10,17-19H,11-14H2;(H,3,4)(H,5,6)/t17-,18+;/m1./s1. The first-order valence-corrected chi connectivity index (χ1v) is 8.82. The number of hydrogen-bond acceptors (Lipinski definition) is 6. The summed E-state index contributed by atoms with van der Waals surface area (Å²) in [6.45, 7) is 3.14. The maximum absolute atomic E-state index is 9.04. The number of quaternary nitrogens is 1. The Balaban J connectivity index is 0.000000409. The zero-order chi connectivity index (χ0) is 20.2. The van der Waals surface area contributed by atoms with Crippen molar-refractivity contribution in [3.05, 3.63) is 66.2 Å². The maximum atomic E-state index is 9.04. The van der Waals surface area contributed by atoms with Gasteiger partial charge in [0.1, 0.15) is 31.5 Å². The van der Waals surface area contributed by atoms with Gasteiger partial charge in [0.2, 0.25) is 0 Å². The van der Waals surface area contributed by atoms with Crippen molar-refractivity contribution >= 4 is 11.9 Å². The van der Waals surface area contributed by atoms with Crippen LogP contribution in [0.3, 0.4) is 0 Å². The molecule has 0 aliphatic carbocycles. The van der Waals surface area contributed by atoms with E-state index in [1.165, 1.54) is 0 Å². The van der Waals surface area contributed by atoms with Crippen LogP contribution >= 0.6 is 0 Å². The highest BCUT2D eigenvalue weighted by Crippen LogP contribution is 2.25. The first-order valence-electron chi connectivity index (χ1n) is 8.82. The van der Waals surface area contributed by atoms with Gasteiger partial charge in [0.05, 0.1) is 6.61 Å². The number of carboxylic acid groups (broad SMARTS) is 2. The number of benzene rings is 2. The molecule has 8 nitrogen and oxygen atoms in total. The van der Waals surface area contributed by atoms with Crippen molar-refractivity contribution in [3.63, 3.8) is 0 Å². The van der Waals surface area contributed by atoms with Gasteiger partial charge in [0.15, 0.2) is 12.3 Å². The quantitative estimate of drug-likeness (QED) is 0.486. The highest BCUT2D eigenvalue weighted by molar-refractivity contribution is 6.26. The number of carbonyl (C=O) groups is 2. The van der Waals surface area contributed by atoms with E-state index in [1.807, 2.05) is 60.7 Å². The van der Waals surface area contributed by atoms with Crippen LogP contribution in [0.1, 0.15) is 11.9 Å². The van der Waals surface area contributed by atoms with Crippen LogP contribution in [-0.2, 0) is 19.1 Å². The Kier molecular flexibility index (Phi) is 8.93. The van der Waals surface area contributed by atoms with Crippen molar-refractivity contribution in [1.82, 2.24) is 0 Å². The largest absolute Gasteiger partial charge is 0.539 e. The Hall–Kier alpha value is -2.94. The zero-order valence-corrected chi connectivity index (χ0v) is 15.2. The van der Waals surface area contributed by atoms with Crippen molar-refractivity contribution in [1.29, 1.82) is 0 Å². The second-order valence-corrected chi connectivity index (χ2v) is 5.90. The lowest BCUT2D eigenvalue weighted by Crippen LogP contribution is -2.87. The van der Waals surface area contributed by atoms with E-state index in [1.54, 1.807) is 0 Å². The van der Waals surface area contributed by atoms with E-state index in [4.69, 9.17) is 34.0 Å². The molecule has 0 radical (unpaired) electrons. The van der Waals surface area contributed by atoms with Crippen LogP contribution in [-0.4, -0.2) is 49.5 Å². The van der Waals surface area contributed by atoms with Gasteiger partial charge in [-0.25, -0.2) is 4.79 Å². The van der Waals surface area contributed by atoms with Crippen LogP contribution in [0.2, 0.25) is 0 Å². The number of hydrogen-bond donors (Lipinski definition) is 2. The molecule has 150 valence electrons. The van der Waals surface area contributed by atoms with E-state index in [2.05, 4.69) is 5.32 Å². The zero-order valence-electron chi connectivity index (χ0n) is 15.2. The van der Waals surface area contributed by atoms with E-state index < -0.39 is 11.9 Å². The van der Waals surface area contributed by atoms with Gasteiger partial charge in [-0.05, 0) is 12.1 Å². The molecule has 0 saturated carbocycles. The minimum atomic E-state index is -2.07. The topological polar surface area (TPSA) is 122 Å². The third-order valence-corrected chi connectivity index (χ3v) is 3.76. The summed E-state index contributed by atoms with van der Waals surface area (Å²) in [5.74, 6) is -3.09. The van der Waals surface area contributed by atoms with Crippen molar-refractivity contribution in [2.45, 2.75) is 12.4 Å². The number of nitrogens with two attached hydrogens (primary N) is 1. The lowest BCUT2D eigenvalue weighted by molar-refractivity contribution is -0.661. The number of aliphatic carboxylic acids is 2. The SMILES string of the molecule is O=C([O-])C(=O)O.c1ccc(OCC[NH2+]C[C@@H]2CO[C@H](c3ccccc3)O2)cc1. The Morgan fingerprint density at radius 1 is 1.11 bits per heavy atom. The van der Waals surface area contributed by atoms with Gasteiger partial charge in [-0.2, -0.15) is 0 Å². The molecule has 2 aromatic rings. The molecule has 2 aromatic carbocycles. The highest BCUT2D eigenvalue weighted by atomic mass is 16.7. The summed E-state index contributed by atoms with van der Waals surface area (Å²) in [4.78, 5) is 18.0. The van der Waals surface area contributed by atoms with Crippen molar-refractivity contribution < 1.29 is 39.3 Å². The summed E-state index contributed by atoms with van der Waals surface area (Å²) >= 11 is 0. The van der Waals surface area contributed by atoms with Gasteiger partial charge in [0, 0.05) is 5.56 Å². The lowest BCUT2D eigenvalue weighted by Gasteiger charge is -2.11. The maximum Gasteiger partial charge on any atom is 0.351 e. The number of carbonyl (C=O) groups excluding carboxylic acids is 1. The summed E-state index contributed by atoms with van der Waals surface area (Å²) in [6.07, 6.45) is -0.0814. The van der Waals surface area contributed by atoms with Crippen molar-refractivity contribution in [2.75, 3.05) is 26.3 Å². The molecular formula is C20H23NO7. The monoisotopic (exact) mass is 389 g/mol. The van der Waals surface area contributed by atoms with Gasteiger partial charge in [0.25, 0.3) is 0 Å². The van der Waals surface area contributed by atoms with Crippen molar-refractivity contribution in [3.8, 4) is 5.75 Å². The Morgan fingerprint density at radius 2 is 1.71 bits per heavy atom. The van der Waals surface area contributed by atoms with Gasteiger partial charge in [-0.3, -0.25) is 0 Å². The van der Waals surface area contributed by atoms with Crippen LogP contribution in [0.5, 0.6) is 5.75 Å². The van der Waals surface area contributed by atoms with Crippen LogP contribution < -0.4 is 15.2 Å². The normalized spacial score (nSPS) is 18.0. The summed E-state index contributed by atoms with van der Waals surface area (Å²) < 4.78 is 17.3. The van der Waals surface area contributed by atoms with E-state index in [-0.39, 0.29) is 12.4 Å². The third kappa shape index (κ3) is 7.75. The molecule has 1 fully saturated rings. The molecule has 0 unspecified atom stereocenters. The number of para-hydroxylation sites is 1. The smallest absolute Gasteiger partial charge is 0.351 e. The first kappa shape index (κ1) is 21.4. The number of carboxylic acids is 2. The van der Waals surface area contributed by atoms with Crippen LogP contribution in [0.4, 0.5) is 0 Å².